The SMILES string of the molecule is Cc1cc(C)nc(C2CCN(C(=O)Cn3cccn3)C2)n1. The van der Waals surface area contributed by atoms with Gasteiger partial charge in [-0.05, 0) is 32.4 Å². The first-order valence-electron chi connectivity index (χ1n) is 7.19. The summed E-state index contributed by atoms with van der Waals surface area (Å²) in [6.07, 6.45) is 4.41. The van der Waals surface area contributed by atoms with Crippen molar-refractivity contribution in [3.63, 3.8) is 0 Å². The fraction of sp³-hybridized carbons (Fsp3) is 0.467. The number of hydrogen-bond donors (Lipinski definition) is 0. The summed E-state index contributed by atoms with van der Waals surface area (Å²) in [4.78, 5) is 23.2. The molecule has 21 heavy (non-hydrogen) atoms. The van der Waals surface area contributed by atoms with Crippen molar-refractivity contribution in [1.29, 1.82) is 0 Å². The number of carbonyl (C=O) groups excluding carboxylic acids is 1. The van der Waals surface area contributed by atoms with E-state index < -0.39 is 0 Å². The normalized spacial score (nSPS) is 18.2. The summed E-state index contributed by atoms with van der Waals surface area (Å²) in [5.41, 5.74) is 1.97. The lowest BCUT2D eigenvalue weighted by Gasteiger charge is -2.16. The third-order valence-electron chi connectivity index (χ3n) is 3.76. The van der Waals surface area contributed by atoms with E-state index >= 15 is 0 Å². The lowest BCUT2D eigenvalue weighted by molar-refractivity contribution is -0.131. The average Bonchev–Trinajstić information content (AvgIpc) is 3.08. The molecule has 6 heteroatoms. The molecule has 0 spiro atoms. The van der Waals surface area contributed by atoms with E-state index in [0.717, 1.165) is 30.2 Å². The molecule has 6 nitrogen and oxygen atoms in total. The van der Waals surface area contributed by atoms with Crippen molar-refractivity contribution in [3.05, 3.63) is 41.7 Å². The first-order valence-corrected chi connectivity index (χ1v) is 7.19. The minimum atomic E-state index is 0.102. The minimum absolute atomic E-state index is 0.102. The first-order chi connectivity index (χ1) is 10.1. The van der Waals surface area contributed by atoms with Crippen molar-refractivity contribution in [2.75, 3.05) is 13.1 Å². The zero-order valence-electron chi connectivity index (χ0n) is 12.4. The minimum Gasteiger partial charge on any atom is -0.340 e. The molecule has 1 amide bonds. The summed E-state index contributed by atoms with van der Waals surface area (Å²) < 4.78 is 1.66. The Morgan fingerprint density at radius 3 is 2.76 bits per heavy atom. The number of likely N-dealkylation sites (tertiary alicyclic amines) is 1. The maximum atomic E-state index is 12.2. The highest BCUT2D eigenvalue weighted by atomic mass is 16.2. The molecule has 2 aromatic heterocycles. The van der Waals surface area contributed by atoms with Crippen LogP contribution in [-0.2, 0) is 11.3 Å². The molecule has 1 fully saturated rings. The quantitative estimate of drug-likeness (QED) is 0.853. The van der Waals surface area contributed by atoms with Gasteiger partial charge in [0, 0.05) is 42.8 Å². The smallest absolute Gasteiger partial charge is 0.244 e. The predicted molar refractivity (Wildman–Crippen MR) is 77.7 cm³/mol. The van der Waals surface area contributed by atoms with Crippen LogP contribution < -0.4 is 0 Å². The van der Waals surface area contributed by atoms with E-state index in [9.17, 15) is 4.79 Å². The van der Waals surface area contributed by atoms with Gasteiger partial charge in [-0.3, -0.25) is 9.48 Å². The highest BCUT2D eigenvalue weighted by Gasteiger charge is 2.29. The summed E-state index contributed by atoms with van der Waals surface area (Å²) in [6.45, 7) is 5.72. The van der Waals surface area contributed by atoms with Crippen molar-refractivity contribution in [3.8, 4) is 0 Å². The lowest BCUT2D eigenvalue weighted by Crippen LogP contribution is -2.32. The number of nitrogens with zero attached hydrogens (tertiary/aromatic N) is 5. The maximum Gasteiger partial charge on any atom is 0.244 e. The molecule has 0 saturated carbocycles. The molecule has 1 unspecified atom stereocenters. The molecule has 1 saturated heterocycles. The summed E-state index contributed by atoms with van der Waals surface area (Å²) in [5.74, 6) is 1.21. The van der Waals surface area contributed by atoms with Gasteiger partial charge in [0.25, 0.3) is 0 Å². The van der Waals surface area contributed by atoms with Gasteiger partial charge in [0.15, 0.2) is 0 Å². The van der Waals surface area contributed by atoms with E-state index in [2.05, 4.69) is 15.1 Å². The molecule has 1 aliphatic rings. The number of aromatic nitrogens is 4. The Morgan fingerprint density at radius 2 is 2.10 bits per heavy atom. The molecule has 3 rings (SSSR count). The van der Waals surface area contributed by atoms with Crippen LogP contribution >= 0.6 is 0 Å². The van der Waals surface area contributed by atoms with Crippen LogP contribution in [0, 0.1) is 13.8 Å². The van der Waals surface area contributed by atoms with Gasteiger partial charge in [-0.25, -0.2) is 9.97 Å². The van der Waals surface area contributed by atoms with Gasteiger partial charge in [0.2, 0.25) is 5.91 Å². The molecule has 110 valence electrons. The highest BCUT2D eigenvalue weighted by molar-refractivity contribution is 5.76. The third-order valence-corrected chi connectivity index (χ3v) is 3.76. The van der Waals surface area contributed by atoms with E-state index in [-0.39, 0.29) is 11.8 Å². The van der Waals surface area contributed by atoms with E-state index in [1.165, 1.54) is 0 Å². The van der Waals surface area contributed by atoms with Gasteiger partial charge in [-0.2, -0.15) is 5.10 Å². The van der Waals surface area contributed by atoms with Crippen LogP contribution in [-0.4, -0.2) is 43.6 Å². The molecule has 0 aromatic carbocycles. The Morgan fingerprint density at radius 1 is 1.33 bits per heavy atom. The Kier molecular flexibility index (Phi) is 3.68. The van der Waals surface area contributed by atoms with Crippen molar-refractivity contribution in [1.82, 2.24) is 24.6 Å². The van der Waals surface area contributed by atoms with Crippen molar-refractivity contribution in [2.45, 2.75) is 32.7 Å². The predicted octanol–water partition coefficient (Wildman–Crippen LogP) is 1.31. The fourth-order valence-corrected chi connectivity index (χ4v) is 2.77. The number of hydrogen-bond acceptors (Lipinski definition) is 4. The summed E-state index contributed by atoms with van der Waals surface area (Å²) in [7, 11) is 0. The van der Waals surface area contributed by atoms with Gasteiger partial charge in [0.1, 0.15) is 12.4 Å². The van der Waals surface area contributed by atoms with Crippen LogP contribution in [0.25, 0.3) is 0 Å². The lowest BCUT2D eigenvalue weighted by atomic mass is 10.1. The molecular weight excluding hydrogens is 266 g/mol. The van der Waals surface area contributed by atoms with E-state index in [0.29, 0.717) is 13.1 Å². The number of carbonyl (C=O) groups is 1. The topological polar surface area (TPSA) is 63.9 Å². The molecule has 0 aliphatic carbocycles. The number of rotatable bonds is 3. The Balaban J connectivity index is 1.66. The van der Waals surface area contributed by atoms with Crippen molar-refractivity contribution in [2.24, 2.45) is 0 Å². The first kappa shape index (κ1) is 13.7. The molecule has 0 bridgehead atoms. The van der Waals surface area contributed by atoms with Gasteiger partial charge in [-0.1, -0.05) is 0 Å². The molecule has 2 aromatic rings. The standard InChI is InChI=1S/C15H19N5O/c1-11-8-12(2)18-15(17-11)13-4-7-19(9-13)14(21)10-20-6-3-5-16-20/h3,5-6,8,13H,4,7,9-10H2,1-2H3. The molecule has 3 heterocycles. The fourth-order valence-electron chi connectivity index (χ4n) is 2.77. The summed E-state index contributed by atoms with van der Waals surface area (Å²) in [5, 5.41) is 4.07. The van der Waals surface area contributed by atoms with Crippen LogP contribution in [0.3, 0.4) is 0 Å². The average molecular weight is 285 g/mol. The summed E-state index contributed by atoms with van der Waals surface area (Å²) in [6, 6.07) is 3.79. The number of aryl methyl sites for hydroxylation is 2. The van der Waals surface area contributed by atoms with Crippen LogP contribution in [0.4, 0.5) is 0 Å². The van der Waals surface area contributed by atoms with Crippen LogP contribution in [0.1, 0.15) is 29.6 Å². The van der Waals surface area contributed by atoms with Crippen LogP contribution in [0.15, 0.2) is 24.5 Å². The second-order valence-electron chi connectivity index (χ2n) is 5.54. The zero-order chi connectivity index (χ0) is 14.8. The highest BCUT2D eigenvalue weighted by Crippen LogP contribution is 2.25. The molecule has 0 radical (unpaired) electrons. The van der Waals surface area contributed by atoms with Gasteiger partial charge >= 0.3 is 0 Å². The largest absolute Gasteiger partial charge is 0.340 e. The van der Waals surface area contributed by atoms with Crippen molar-refractivity contribution < 1.29 is 4.79 Å². The molecule has 1 atom stereocenters. The molecular formula is C15H19N5O. The van der Waals surface area contributed by atoms with Crippen LogP contribution in [0.2, 0.25) is 0 Å². The second kappa shape index (κ2) is 5.63. The van der Waals surface area contributed by atoms with Crippen molar-refractivity contribution >= 4 is 5.91 Å². The van der Waals surface area contributed by atoms with Crippen LogP contribution in [0.5, 0.6) is 0 Å². The van der Waals surface area contributed by atoms with Gasteiger partial charge < -0.3 is 4.90 Å². The Bertz CT molecular complexity index is 617. The monoisotopic (exact) mass is 285 g/mol. The maximum absolute atomic E-state index is 12.2. The Hall–Kier alpha value is -2.24. The summed E-state index contributed by atoms with van der Waals surface area (Å²) >= 11 is 0. The van der Waals surface area contributed by atoms with E-state index in [1.54, 1.807) is 17.1 Å². The number of amides is 1. The zero-order valence-corrected chi connectivity index (χ0v) is 12.4. The Labute approximate surface area is 123 Å². The van der Waals surface area contributed by atoms with Gasteiger partial charge in [0.05, 0.1) is 0 Å². The van der Waals surface area contributed by atoms with E-state index in [4.69, 9.17) is 0 Å². The molecule has 1 aliphatic heterocycles. The third kappa shape index (κ3) is 3.09. The molecule has 0 N–H and O–H groups in total. The second-order valence-corrected chi connectivity index (χ2v) is 5.54. The van der Waals surface area contributed by atoms with E-state index in [1.807, 2.05) is 30.9 Å². The van der Waals surface area contributed by atoms with Gasteiger partial charge in [-0.15, -0.1) is 0 Å².